The molecule has 0 aliphatic rings. The first-order chi connectivity index (χ1) is 9.99. The van der Waals surface area contributed by atoms with Crippen LogP contribution < -0.4 is 5.32 Å². The van der Waals surface area contributed by atoms with Crippen molar-refractivity contribution in [3.8, 4) is 0 Å². The molecule has 0 fully saturated rings. The lowest BCUT2D eigenvalue weighted by molar-refractivity contribution is -0.384. The van der Waals surface area contributed by atoms with E-state index in [1.165, 1.54) is 36.5 Å². The molecule has 0 saturated heterocycles. The molecule has 1 aromatic carbocycles. The lowest BCUT2D eigenvalue weighted by Crippen LogP contribution is -2.27. The van der Waals surface area contributed by atoms with Gasteiger partial charge in [0.15, 0.2) is 0 Å². The van der Waals surface area contributed by atoms with E-state index in [-0.39, 0.29) is 11.3 Å². The Balaban J connectivity index is 2.16. The maximum atomic E-state index is 13.4. The maximum absolute atomic E-state index is 13.4. The van der Waals surface area contributed by atoms with Crippen LogP contribution in [-0.2, 0) is 0 Å². The van der Waals surface area contributed by atoms with Crippen molar-refractivity contribution in [3.63, 3.8) is 0 Å². The number of halogens is 1. The third-order valence-electron chi connectivity index (χ3n) is 2.93. The van der Waals surface area contributed by atoms with E-state index in [1.54, 1.807) is 13.0 Å². The molecule has 1 heterocycles. The molecule has 108 valence electrons. The summed E-state index contributed by atoms with van der Waals surface area (Å²) in [6.45, 7) is 1.66. The number of carbonyl (C=O) groups excluding carboxylic acids is 1. The Kier molecular flexibility index (Phi) is 4.22. The standard InChI is InChI=1S/C14H12FN3O3/c1-9(10-4-2-5-11(8-10)18(20)21)17-14(19)12-6-3-7-16-13(12)15/h2-9H,1H3,(H,17,19). The normalized spacial score (nSPS) is 11.7. The van der Waals surface area contributed by atoms with Crippen LogP contribution in [0.4, 0.5) is 10.1 Å². The molecule has 1 N–H and O–H groups in total. The van der Waals surface area contributed by atoms with E-state index in [0.29, 0.717) is 5.56 Å². The molecule has 7 heteroatoms. The van der Waals surface area contributed by atoms with Crippen LogP contribution in [0.5, 0.6) is 0 Å². The van der Waals surface area contributed by atoms with E-state index < -0.39 is 22.8 Å². The van der Waals surface area contributed by atoms with Crippen molar-refractivity contribution in [3.05, 3.63) is 69.8 Å². The number of nitro groups is 1. The van der Waals surface area contributed by atoms with E-state index in [2.05, 4.69) is 10.3 Å². The van der Waals surface area contributed by atoms with Gasteiger partial charge in [-0.2, -0.15) is 4.39 Å². The summed E-state index contributed by atoms with van der Waals surface area (Å²) in [6.07, 6.45) is 1.25. The first kappa shape index (κ1) is 14.6. The third-order valence-corrected chi connectivity index (χ3v) is 2.93. The Morgan fingerprint density at radius 2 is 2.14 bits per heavy atom. The summed E-state index contributed by atoms with van der Waals surface area (Å²) in [5, 5.41) is 13.3. The van der Waals surface area contributed by atoms with Gasteiger partial charge in [-0.05, 0) is 24.6 Å². The lowest BCUT2D eigenvalue weighted by atomic mass is 10.1. The van der Waals surface area contributed by atoms with Crippen molar-refractivity contribution in [2.24, 2.45) is 0 Å². The second-order valence-electron chi connectivity index (χ2n) is 4.39. The molecule has 0 aliphatic carbocycles. The number of aromatic nitrogens is 1. The van der Waals surface area contributed by atoms with Gasteiger partial charge in [0.1, 0.15) is 0 Å². The largest absolute Gasteiger partial charge is 0.345 e. The van der Waals surface area contributed by atoms with Crippen LogP contribution in [0, 0.1) is 16.1 Å². The molecule has 21 heavy (non-hydrogen) atoms. The van der Waals surface area contributed by atoms with Gasteiger partial charge in [0.2, 0.25) is 5.95 Å². The molecule has 2 rings (SSSR count). The van der Waals surface area contributed by atoms with Gasteiger partial charge in [-0.25, -0.2) is 4.98 Å². The second-order valence-corrected chi connectivity index (χ2v) is 4.39. The Labute approximate surface area is 119 Å². The van der Waals surface area contributed by atoms with E-state index in [9.17, 15) is 19.3 Å². The molecule has 1 unspecified atom stereocenters. The van der Waals surface area contributed by atoms with Crippen molar-refractivity contribution in [2.75, 3.05) is 0 Å². The lowest BCUT2D eigenvalue weighted by Gasteiger charge is -2.14. The van der Waals surface area contributed by atoms with Crippen LogP contribution in [-0.4, -0.2) is 15.8 Å². The molecular formula is C14H12FN3O3. The number of nitrogens with one attached hydrogen (secondary N) is 1. The number of carbonyl (C=O) groups is 1. The van der Waals surface area contributed by atoms with Gasteiger partial charge < -0.3 is 5.32 Å². The Bertz CT molecular complexity index is 691. The zero-order chi connectivity index (χ0) is 15.4. The van der Waals surface area contributed by atoms with Crippen LogP contribution in [0.3, 0.4) is 0 Å². The molecule has 1 atom stereocenters. The molecule has 0 saturated carbocycles. The first-order valence-corrected chi connectivity index (χ1v) is 6.15. The number of benzene rings is 1. The minimum atomic E-state index is -0.860. The molecule has 0 bridgehead atoms. The minimum absolute atomic E-state index is 0.0684. The zero-order valence-electron chi connectivity index (χ0n) is 11.1. The van der Waals surface area contributed by atoms with Crippen molar-refractivity contribution in [2.45, 2.75) is 13.0 Å². The molecule has 0 spiro atoms. The number of amides is 1. The summed E-state index contributed by atoms with van der Waals surface area (Å²) in [7, 11) is 0. The Morgan fingerprint density at radius 1 is 1.38 bits per heavy atom. The summed E-state index contributed by atoms with van der Waals surface area (Å²) in [6, 6.07) is 8.17. The van der Waals surface area contributed by atoms with Gasteiger partial charge >= 0.3 is 0 Å². The Morgan fingerprint density at radius 3 is 2.81 bits per heavy atom. The molecule has 2 aromatic rings. The summed E-state index contributed by atoms with van der Waals surface area (Å²) < 4.78 is 13.4. The smallest absolute Gasteiger partial charge is 0.269 e. The SMILES string of the molecule is CC(NC(=O)c1cccnc1F)c1cccc([N+](=O)[O-])c1. The van der Waals surface area contributed by atoms with E-state index in [1.807, 2.05) is 0 Å². The molecule has 6 nitrogen and oxygen atoms in total. The average Bonchev–Trinajstić information content (AvgIpc) is 2.47. The summed E-state index contributed by atoms with van der Waals surface area (Å²) >= 11 is 0. The minimum Gasteiger partial charge on any atom is -0.345 e. The van der Waals surface area contributed by atoms with Crippen molar-refractivity contribution >= 4 is 11.6 Å². The third kappa shape index (κ3) is 3.38. The molecule has 0 aliphatic heterocycles. The van der Waals surface area contributed by atoms with Gasteiger partial charge in [0, 0.05) is 18.3 Å². The van der Waals surface area contributed by atoms with Gasteiger partial charge in [-0.1, -0.05) is 12.1 Å². The monoisotopic (exact) mass is 289 g/mol. The summed E-state index contributed by atoms with van der Waals surface area (Å²) in [4.78, 5) is 25.6. The second kappa shape index (κ2) is 6.08. The predicted molar refractivity (Wildman–Crippen MR) is 73.2 cm³/mol. The maximum Gasteiger partial charge on any atom is 0.269 e. The van der Waals surface area contributed by atoms with Crippen LogP contribution in [0.15, 0.2) is 42.6 Å². The number of nitro benzene ring substituents is 1. The predicted octanol–water partition coefficient (Wildman–Crippen LogP) is 2.62. The van der Waals surface area contributed by atoms with Crippen molar-refractivity contribution in [1.82, 2.24) is 10.3 Å². The summed E-state index contributed by atoms with van der Waals surface area (Å²) in [5.41, 5.74) is 0.317. The van der Waals surface area contributed by atoms with Crippen LogP contribution in [0.2, 0.25) is 0 Å². The summed E-state index contributed by atoms with van der Waals surface area (Å²) in [5.74, 6) is -1.49. The number of rotatable bonds is 4. The topological polar surface area (TPSA) is 85.1 Å². The van der Waals surface area contributed by atoms with Crippen LogP contribution >= 0.6 is 0 Å². The molecular weight excluding hydrogens is 277 g/mol. The highest BCUT2D eigenvalue weighted by Crippen LogP contribution is 2.19. The number of hydrogen-bond acceptors (Lipinski definition) is 4. The number of pyridine rings is 1. The molecule has 1 amide bonds. The fourth-order valence-electron chi connectivity index (χ4n) is 1.82. The molecule has 0 radical (unpaired) electrons. The molecule has 1 aromatic heterocycles. The highest BCUT2D eigenvalue weighted by Gasteiger charge is 2.17. The van der Waals surface area contributed by atoms with Gasteiger partial charge in [-0.15, -0.1) is 0 Å². The van der Waals surface area contributed by atoms with Gasteiger partial charge in [0.25, 0.3) is 11.6 Å². The number of hydrogen-bond donors (Lipinski definition) is 1. The van der Waals surface area contributed by atoms with Crippen LogP contribution in [0.25, 0.3) is 0 Å². The van der Waals surface area contributed by atoms with E-state index in [4.69, 9.17) is 0 Å². The fraction of sp³-hybridized carbons (Fsp3) is 0.143. The highest BCUT2D eigenvalue weighted by atomic mass is 19.1. The van der Waals surface area contributed by atoms with Gasteiger partial charge in [0.05, 0.1) is 16.5 Å². The average molecular weight is 289 g/mol. The quantitative estimate of drug-likeness (QED) is 0.532. The Hall–Kier alpha value is -2.83. The van der Waals surface area contributed by atoms with E-state index in [0.717, 1.165) is 0 Å². The van der Waals surface area contributed by atoms with E-state index >= 15 is 0 Å². The number of non-ortho nitro benzene ring substituents is 1. The van der Waals surface area contributed by atoms with Crippen molar-refractivity contribution < 1.29 is 14.1 Å². The number of nitrogens with zero attached hydrogens (tertiary/aromatic N) is 2. The fourth-order valence-corrected chi connectivity index (χ4v) is 1.82. The first-order valence-electron chi connectivity index (χ1n) is 6.15. The van der Waals surface area contributed by atoms with Gasteiger partial charge in [-0.3, -0.25) is 14.9 Å². The highest BCUT2D eigenvalue weighted by molar-refractivity contribution is 5.94. The zero-order valence-corrected chi connectivity index (χ0v) is 11.1. The van der Waals surface area contributed by atoms with Crippen LogP contribution in [0.1, 0.15) is 28.9 Å². The van der Waals surface area contributed by atoms with Crippen molar-refractivity contribution in [1.29, 1.82) is 0 Å².